The van der Waals surface area contributed by atoms with E-state index in [1.165, 1.54) is 27.8 Å². The van der Waals surface area contributed by atoms with E-state index in [-0.39, 0.29) is 24.3 Å². The summed E-state index contributed by atoms with van der Waals surface area (Å²) in [5.41, 5.74) is -2.87. The van der Waals surface area contributed by atoms with E-state index in [2.05, 4.69) is 10.3 Å². The van der Waals surface area contributed by atoms with E-state index in [9.17, 15) is 23.2 Å². The molecule has 2 aromatic rings. The third kappa shape index (κ3) is 6.99. The number of benzene rings is 1. The number of aromatic nitrogens is 2. The molecular formula is C23H23Cl2F3N4O3. The fourth-order valence-corrected chi connectivity index (χ4v) is 3.06. The summed E-state index contributed by atoms with van der Waals surface area (Å²) in [7, 11) is 1.20. The smallest absolute Gasteiger partial charge is 0.424 e. The molecule has 0 amide bonds. The molecule has 0 aliphatic rings. The maximum Gasteiger partial charge on any atom is 0.435 e. The van der Waals surface area contributed by atoms with Gasteiger partial charge in [0.05, 0.1) is 28.3 Å². The van der Waals surface area contributed by atoms with Gasteiger partial charge in [-0.15, -0.1) is 0 Å². The molecule has 1 aromatic carbocycles. The van der Waals surface area contributed by atoms with Crippen LogP contribution in [0.2, 0.25) is 10.2 Å². The predicted molar refractivity (Wildman–Crippen MR) is 126 cm³/mol. The first-order chi connectivity index (χ1) is 16.2. The molecule has 0 spiro atoms. The van der Waals surface area contributed by atoms with Gasteiger partial charge in [-0.2, -0.15) is 23.5 Å². The highest BCUT2D eigenvalue weighted by Gasteiger charge is 2.42. The van der Waals surface area contributed by atoms with Gasteiger partial charge in [0, 0.05) is 18.5 Å². The van der Waals surface area contributed by atoms with E-state index >= 15 is 0 Å². The number of hydrogen-bond acceptors (Lipinski definition) is 6. The highest BCUT2D eigenvalue weighted by atomic mass is 35.5. The Morgan fingerprint density at radius 3 is 2.29 bits per heavy atom. The third-order valence-corrected chi connectivity index (χ3v) is 5.20. The summed E-state index contributed by atoms with van der Waals surface area (Å²) in [6, 6.07) is 8.20. The molecule has 12 heteroatoms. The van der Waals surface area contributed by atoms with Gasteiger partial charge in [-0.05, 0) is 45.4 Å². The number of rotatable bonds is 7. The Morgan fingerprint density at radius 2 is 1.80 bits per heavy atom. The summed E-state index contributed by atoms with van der Waals surface area (Å²) < 4.78 is 47.7. The van der Waals surface area contributed by atoms with E-state index in [1.54, 1.807) is 31.2 Å². The number of carbonyl (C=O) groups excluding carboxylic acids is 1. The SMILES string of the molecule is CCON=C(CC(C#N)=C(OC(=O)C(C)(C)C)c1c(C(F)(F)F)nn(C)c1Cl)c1ccc(Cl)cc1. The number of alkyl halides is 3. The van der Waals surface area contributed by atoms with E-state index < -0.39 is 39.7 Å². The van der Waals surface area contributed by atoms with Crippen molar-refractivity contribution in [3.05, 3.63) is 56.8 Å². The monoisotopic (exact) mass is 530 g/mol. The second-order valence-electron chi connectivity index (χ2n) is 8.33. The fraction of sp³-hybridized carbons (Fsp3) is 0.391. The van der Waals surface area contributed by atoms with Gasteiger partial charge < -0.3 is 9.57 Å². The lowest BCUT2D eigenvalue weighted by Crippen LogP contribution is -2.23. The number of halogens is 5. The number of allylic oxidation sites excluding steroid dienone is 1. The second kappa shape index (κ2) is 11.1. The number of nitriles is 1. The summed E-state index contributed by atoms with van der Waals surface area (Å²) in [6.45, 7) is 6.44. The quantitative estimate of drug-likeness (QED) is 0.136. The van der Waals surface area contributed by atoms with Crippen molar-refractivity contribution in [3.8, 4) is 6.07 Å². The molecule has 2 rings (SSSR count). The molecule has 0 atom stereocenters. The fourth-order valence-electron chi connectivity index (χ4n) is 2.72. The summed E-state index contributed by atoms with van der Waals surface area (Å²) >= 11 is 12.1. The minimum Gasteiger partial charge on any atom is -0.424 e. The second-order valence-corrected chi connectivity index (χ2v) is 9.13. The molecule has 0 unspecified atom stereocenters. The number of carbonyl (C=O) groups is 1. The highest BCUT2D eigenvalue weighted by Crippen LogP contribution is 2.40. The minimum atomic E-state index is -4.95. The number of oxime groups is 1. The van der Waals surface area contributed by atoms with Gasteiger partial charge in [0.2, 0.25) is 0 Å². The molecule has 35 heavy (non-hydrogen) atoms. The highest BCUT2D eigenvalue weighted by molar-refractivity contribution is 6.31. The van der Waals surface area contributed by atoms with E-state index in [4.69, 9.17) is 32.8 Å². The van der Waals surface area contributed by atoms with Crippen LogP contribution in [0.25, 0.3) is 5.76 Å². The summed E-state index contributed by atoms with van der Waals surface area (Å²) in [5, 5.41) is 17.4. The number of hydrogen-bond donors (Lipinski definition) is 0. The van der Waals surface area contributed by atoms with Gasteiger partial charge in [-0.25, -0.2) is 0 Å². The largest absolute Gasteiger partial charge is 0.435 e. The molecule has 0 aliphatic carbocycles. The molecule has 1 aromatic heterocycles. The first kappa shape index (κ1) is 28.2. The summed E-state index contributed by atoms with van der Waals surface area (Å²) in [4.78, 5) is 17.9. The van der Waals surface area contributed by atoms with Crippen LogP contribution in [0.3, 0.4) is 0 Å². The van der Waals surface area contributed by atoms with E-state index in [0.717, 1.165) is 4.68 Å². The van der Waals surface area contributed by atoms with Gasteiger partial charge in [-0.3, -0.25) is 9.48 Å². The molecule has 0 aliphatic heterocycles. The van der Waals surface area contributed by atoms with Gasteiger partial charge in [0.25, 0.3) is 0 Å². The Kier molecular flexibility index (Phi) is 8.98. The number of ether oxygens (including phenoxy) is 1. The Hall–Kier alpha value is -3.03. The van der Waals surface area contributed by atoms with Crippen molar-refractivity contribution in [1.29, 1.82) is 5.26 Å². The lowest BCUT2D eigenvalue weighted by Gasteiger charge is -2.20. The topological polar surface area (TPSA) is 89.5 Å². The average molecular weight is 531 g/mol. The molecule has 0 N–H and O–H groups in total. The number of nitrogens with zero attached hydrogens (tertiary/aromatic N) is 4. The Bertz CT molecular complexity index is 1190. The maximum atomic E-state index is 13.8. The Labute approximate surface area is 210 Å². The lowest BCUT2D eigenvalue weighted by molar-refractivity contribution is -0.147. The van der Waals surface area contributed by atoms with Crippen molar-refractivity contribution >= 4 is 40.6 Å². The summed E-state index contributed by atoms with van der Waals surface area (Å²) in [5.74, 6) is -1.53. The molecule has 0 saturated carbocycles. The molecule has 188 valence electrons. The molecule has 0 saturated heterocycles. The van der Waals surface area contributed by atoms with Gasteiger partial charge >= 0.3 is 12.1 Å². The molecular weight excluding hydrogens is 508 g/mol. The maximum absolute atomic E-state index is 13.8. The normalized spacial score (nSPS) is 13.2. The van der Waals surface area contributed by atoms with Crippen molar-refractivity contribution in [1.82, 2.24) is 9.78 Å². The zero-order valence-electron chi connectivity index (χ0n) is 19.6. The van der Waals surface area contributed by atoms with Crippen LogP contribution in [-0.4, -0.2) is 28.1 Å². The number of aryl methyl sites for hydroxylation is 1. The van der Waals surface area contributed by atoms with Crippen LogP contribution in [-0.2, 0) is 27.6 Å². The van der Waals surface area contributed by atoms with Crippen LogP contribution in [0.1, 0.15) is 50.9 Å². The van der Waals surface area contributed by atoms with Crippen molar-refractivity contribution in [2.24, 2.45) is 17.6 Å². The van der Waals surface area contributed by atoms with Crippen molar-refractivity contribution in [2.45, 2.75) is 40.3 Å². The summed E-state index contributed by atoms with van der Waals surface area (Å²) in [6.07, 6.45) is -5.29. The number of esters is 1. The Morgan fingerprint density at radius 1 is 1.20 bits per heavy atom. The van der Waals surface area contributed by atoms with Crippen LogP contribution in [0.15, 0.2) is 35.0 Å². The molecule has 7 nitrogen and oxygen atoms in total. The van der Waals surface area contributed by atoms with Crippen molar-refractivity contribution < 1.29 is 27.5 Å². The van der Waals surface area contributed by atoms with Crippen LogP contribution < -0.4 is 0 Å². The van der Waals surface area contributed by atoms with E-state index in [0.29, 0.717) is 10.6 Å². The third-order valence-electron chi connectivity index (χ3n) is 4.51. The minimum absolute atomic E-state index is 0.193. The zero-order chi connectivity index (χ0) is 26.6. The van der Waals surface area contributed by atoms with Crippen molar-refractivity contribution in [3.63, 3.8) is 0 Å². The molecule has 0 radical (unpaired) electrons. The average Bonchev–Trinajstić information content (AvgIpc) is 3.07. The standard InChI is InChI=1S/C23H23Cl2F3N4O3/c1-6-34-31-16(13-7-9-15(24)10-8-13)11-14(12-29)18(35-21(33)22(2,3)4)17-19(23(26,27)28)30-32(5)20(17)25/h7-10H,6,11H2,1-5H3. The molecule has 0 fully saturated rings. The van der Waals surface area contributed by atoms with Crippen LogP contribution >= 0.6 is 23.2 Å². The first-order valence-corrected chi connectivity index (χ1v) is 11.1. The van der Waals surface area contributed by atoms with Crippen molar-refractivity contribution in [2.75, 3.05) is 6.61 Å². The predicted octanol–water partition coefficient (Wildman–Crippen LogP) is 6.40. The lowest BCUT2D eigenvalue weighted by atomic mass is 9.96. The van der Waals surface area contributed by atoms with Crippen LogP contribution in [0.4, 0.5) is 13.2 Å². The van der Waals surface area contributed by atoms with Gasteiger partial charge in [0.1, 0.15) is 11.8 Å². The molecule has 1 heterocycles. The van der Waals surface area contributed by atoms with Crippen LogP contribution in [0.5, 0.6) is 0 Å². The Balaban J connectivity index is 2.80. The van der Waals surface area contributed by atoms with Gasteiger partial charge in [0.15, 0.2) is 11.5 Å². The van der Waals surface area contributed by atoms with Gasteiger partial charge in [-0.1, -0.05) is 40.5 Å². The van der Waals surface area contributed by atoms with Crippen LogP contribution in [0, 0.1) is 16.7 Å². The zero-order valence-corrected chi connectivity index (χ0v) is 21.1. The first-order valence-electron chi connectivity index (χ1n) is 10.3. The molecule has 0 bridgehead atoms. The van der Waals surface area contributed by atoms with E-state index in [1.807, 2.05) is 6.07 Å².